The molecule has 0 bridgehead atoms. The maximum atomic E-state index is 12.2. The average Bonchev–Trinajstić information content (AvgIpc) is 3.16. The van der Waals surface area contributed by atoms with E-state index >= 15 is 0 Å². The number of carbonyl (C=O) groups excluding carboxylic acids is 1. The number of benzene rings is 1. The van der Waals surface area contributed by atoms with Crippen LogP contribution < -0.4 is 10.6 Å². The summed E-state index contributed by atoms with van der Waals surface area (Å²) in [6, 6.07) is 9.74. The summed E-state index contributed by atoms with van der Waals surface area (Å²) in [5, 5.41) is 6.38. The highest BCUT2D eigenvalue weighted by Gasteiger charge is 2.20. The molecule has 8 nitrogen and oxygen atoms in total. The molecule has 1 heterocycles. The first-order valence-corrected chi connectivity index (χ1v) is 9.74. The monoisotopic (exact) mass is 401 g/mol. The molecule has 29 heavy (non-hydrogen) atoms. The Labute approximate surface area is 172 Å². The number of nitrogens with zero attached hydrogens (tertiary/aromatic N) is 3. The lowest BCUT2D eigenvalue weighted by atomic mass is 10.2. The lowest BCUT2D eigenvalue weighted by Crippen LogP contribution is -2.44. The van der Waals surface area contributed by atoms with Crippen LogP contribution in [0, 0.1) is 0 Å². The van der Waals surface area contributed by atoms with E-state index in [1.807, 2.05) is 58.0 Å². The molecule has 0 radical (unpaired) electrons. The number of aliphatic imine (C=N–C) groups is 1. The van der Waals surface area contributed by atoms with Gasteiger partial charge in [0.25, 0.3) is 0 Å². The molecule has 1 aromatic carbocycles. The third kappa shape index (κ3) is 7.48. The smallest absolute Gasteiger partial charge is 0.410 e. The number of hydrogen-bond donors (Lipinski definition) is 2. The summed E-state index contributed by atoms with van der Waals surface area (Å²) < 4.78 is 11.0. The minimum Gasteiger partial charge on any atom is -0.444 e. The number of amides is 1. The third-order valence-electron chi connectivity index (χ3n) is 3.94. The van der Waals surface area contributed by atoms with Crippen LogP contribution in [-0.2, 0) is 11.3 Å². The van der Waals surface area contributed by atoms with Crippen molar-refractivity contribution >= 4 is 12.1 Å². The molecule has 0 saturated heterocycles. The number of rotatable bonds is 7. The Hall–Kier alpha value is -3.03. The van der Waals surface area contributed by atoms with Crippen molar-refractivity contribution in [2.75, 3.05) is 26.7 Å². The van der Waals surface area contributed by atoms with E-state index in [0.29, 0.717) is 38.0 Å². The molecule has 0 fully saturated rings. The standard InChI is InChI=1S/C21H31N5O3/c1-6-26(20(27)29-21(2,3)4)13-12-23-19(22-5)24-14-17-15-28-18(25-17)16-10-8-7-9-11-16/h7-11,15H,6,12-14H2,1-5H3,(H2,22,23,24). The van der Waals surface area contributed by atoms with Gasteiger partial charge >= 0.3 is 6.09 Å². The predicted octanol–water partition coefficient (Wildman–Crippen LogP) is 3.26. The molecule has 0 atom stereocenters. The normalized spacial score (nSPS) is 11.8. The number of carbonyl (C=O) groups is 1. The topological polar surface area (TPSA) is 92.0 Å². The zero-order chi connectivity index (χ0) is 21.3. The first-order chi connectivity index (χ1) is 13.8. The van der Waals surface area contributed by atoms with Gasteiger partial charge in [-0.25, -0.2) is 9.78 Å². The first kappa shape index (κ1) is 22.3. The Morgan fingerprint density at radius 3 is 2.59 bits per heavy atom. The van der Waals surface area contributed by atoms with E-state index in [4.69, 9.17) is 9.15 Å². The molecule has 0 unspecified atom stereocenters. The Morgan fingerprint density at radius 2 is 1.97 bits per heavy atom. The van der Waals surface area contributed by atoms with Gasteiger partial charge in [0.15, 0.2) is 5.96 Å². The van der Waals surface area contributed by atoms with Crippen molar-refractivity contribution < 1.29 is 13.9 Å². The van der Waals surface area contributed by atoms with Gasteiger partial charge in [-0.1, -0.05) is 18.2 Å². The molecule has 8 heteroatoms. The number of guanidine groups is 1. The maximum absolute atomic E-state index is 12.2. The van der Waals surface area contributed by atoms with Gasteiger partial charge in [-0.2, -0.15) is 0 Å². The molecule has 1 amide bonds. The van der Waals surface area contributed by atoms with Crippen molar-refractivity contribution in [2.45, 2.75) is 39.8 Å². The molecule has 0 aliphatic carbocycles. The second kappa shape index (κ2) is 10.5. The molecule has 0 saturated carbocycles. The van der Waals surface area contributed by atoms with Crippen LogP contribution in [0.15, 0.2) is 46.0 Å². The van der Waals surface area contributed by atoms with Crippen LogP contribution >= 0.6 is 0 Å². The van der Waals surface area contributed by atoms with E-state index in [-0.39, 0.29) is 6.09 Å². The molecule has 2 N–H and O–H groups in total. The molecule has 2 rings (SSSR count). The van der Waals surface area contributed by atoms with Crippen molar-refractivity contribution in [1.29, 1.82) is 0 Å². The van der Waals surface area contributed by atoms with Crippen molar-refractivity contribution in [3.63, 3.8) is 0 Å². The molecule has 1 aromatic heterocycles. The van der Waals surface area contributed by atoms with Crippen molar-refractivity contribution in [2.24, 2.45) is 4.99 Å². The fourth-order valence-electron chi connectivity index (χ4n) is 2.51. The Balaban J connectivity index is 1.79. The van der Waals surface area contributed by atoms with Gasteiger partial charge in [0.2, 0.25) is 5.89 Å². The van der Waals surface area contributed by atoms with Crippen LogP contribution in [0.1, 0.15) is 33.4 Å². The van der Waals surface area contributed by atoms with Gasteiger partial charge in [0.1, 0.15) is 11.9 Å². The second-order valence-corrected chi connectivity index (χ2v) is 7.42. The van der Waals surface area contributed by atoms with Gasteiger partial charge in [0.05, 0.1) is 12.2 Å². The SMILES string of the molecule is CCN(CCNC(=NC)NCc1coc(-c2ccccc2)n1)C(=O)OC(C)(C)C. The van der Waals surface area contributed by atoms with Crippen LogP contribution in [-0.4, -0.2) is 54.2 Å². The fraction of sp³-hybridized carbons (Fsp3) is 0.476. The van der Waals surface area contributed by atoms with Crippen LogP contribution in [0.5, 0.6) is 0 Å². The number of likely N-dealkylation sites (N-methyl/N-ethyl adjacent to an activating group) is 1. The summed E-state index contributed by atoms with van der Waals surface area (Å²) in [6.45, 7) is 9.59. The number of hydrogen-bond acceptors (Lipinski definition) is 5. The van der Waals surface area contributed by atoms with Gasteiger partial charge < -0.3 is 24.7 Å². The first-order valence-electron chi connectivity index (χ1n) is 9.74. The maximum Gasteiger partial charge on any atom is 0.410 e. The number of aromatic nitrogens is 1. The predicted molar refractivity (Wildman–Crippen MR) is 114 cm³/mol. The molecule has 158 valence electrons. The van der Waals surface area contributed by atoms with Crippen LogP contribution in [0.25, 0.3) is 11.5 Å². The molecular weight excluding hydrogens is 370 g/mol. The lowest BCUT2D eigenvalue weighted by molar-refractivity contribution is 0.0264. The van der Waals surface area contributed by atoms with E-state index in [0.717, 1.165) is 11.3 Å². The highest BCUT2D eigenvalue weighted by Crippen LogP contribution is 2.17. The number of oxazole rings is 1. The highest BCUT2D eigenvalue weighted by molar-refractivity contribution is 5.79. The van der Waals surface area contributed by atoms with Crippen LogP contribution in [0.4, 0.5) is 4.79 Å². The van der Waals surface area contributed by atoms with Crippen molar-refractivity contribution in [1.82, 2.24) is 20.5 Å². The Bertz CT molecular complexity index is 796. The average molecular weight is 402 g/mol. The third-order valence-corrected chi connectivity index (χ3v) is 3.94. The minimum atomic E-state index is -0.508. The molecule has 0 aliphatic heterocycles. The lowest BCUT2D eigenvalue weighted by Gasteiger charge is -2.26. The van der Waals surface area contributed by atoms with E-state index in [9.17, 15) is 4.79 Å². The molecular formula is C21H31N5O3. The zero-order valence-electron chi connectivity index (χ0n) is 17.9. The van der Waals surface area contributed by atoms with Crippen molar-refractivity contribution in [3.8, 4) is 11.5 Å². The quantitative estimate of drug-likeness (QED) is 0.546. The fourth-order valence-corrected chi connectivity index (χ4v) is 2.51. The highest BCUT2D eigenvalue weighted by atomic mass is 16.6. The van der Waals surface area contributed by atoms with E-state index in [2.05, 4.69) is 20.6 Å². The van der Waals surface area contributed by atoms with Crippen LogP contribution in [0.2, 0.25) is 0 Å². The van der Waals surface area contributed by atoms with Gasteiger partial charge in [0, 0.05) is 32.2 Å². The van der Waals surface area contributed by atoms with E-state index in [1.165, 1.54) is 0 Å². The summed E-state index contributed by atoms with van der Waals surface area (Å²) in [7, 11) is 1.69. The number of nitrogens with one attached hydrogen (secondary N) is 2. The summed E-state index contributed by atoms with van der Waals surface area (Å²) in [5.41, 5.74) is 1.20. The molecule has 2 aromatic rings. The van der Waals surface area contributed by atoms with E-state index < -0.39 is 5.60 Å². The summed E-state index contributed by atoms with van der Waals surface area (Å²) in [5.74, 6) is 1.20. The summed E-state index contributed by atoms with van der Waals surface area (Å²) in [6.07, 6.45) is 1.31. The molecule has 0 spiro atoms. The largest absolute Gasteiger partial charge is 0.444 e. The summed E-state index contributed by atoms with van der Waals surface area (Å²) >= 11 is 0. The second-order valence-electron chi connectivity index (χ2n) is 7.42. The van der Waals surface area contributed by atoms with Gasteiger partial charge in [-0.15, -0.1) is 0 Å². The zero-order valence-corrected chi connectivity index (χ0v) is 17.9. The van der Waals surface area contributed by atoms with Crippen LogP contribution in [0.3, 0.4) is 0 Å². The summed E-state index contributed by atoms with van der Waals surface area (Å²) in [4.78, 5) is 22.5. The number of ether oxygens (including phenoxy) is 1. The van der Waals surface area contributed by atoms with Gasteiger partial charge in [-0.3, -0.25) is 4.99 Å². The Morgan fingerprint density at radius 1 is 1.24 bits per heavy atom. The van der Waals surface area contributed by atoms with Crippen molar-refractivity contribution in [3.05, 3.63) is 42.3 Å². The Kier molecular flexibility index (Phi) is 8.06. The van der Waals surface area contributed by atoms with Gasteiger partial charge in [-0.05, 0) is 39.8 Å². The van der Waals surface area contributed by atoms with E-state index in [1.54, 1.807) is 18.2 Å². The molecule has 0 aliphatic rings. The minimum absolute atomic E-state index is 0.319.